The van der Waals surface area contributed by atoms with Crippen molar-refractivity contribution >= 4 is 0 Å². The Morgan fingerprint density at radius 2 is 1.32 bits per heavy atom. The molecular weight excluding hydrogens is 234 g/mol. The SMILES string of the molecule is CCN(CC)CCCN(CC)CCCC(C)CCN. The highest BCUT2D eigenvalue weighted by atomic mass is 15.1. The molecule has 0 fully saturated rings. The van der Waals surface area contributed by atoms with Gasteiger partial charge in [-0.3, -0.25) is 0 Å². The van der Waals surface area contributed by atoms with Crippen LogP contribution in [0.1, 0.15) is 53.4 Å². The van der Waals surface area contributed by atoms with Crippen molar-refractivity contribution in [1.82, 2.24) is 9.80 Å². The summed E-state index contributed by atoms with van der Waals surface area (Å²) in [5, 5.41) is 0. The lowest BCUT2D eigenvalue weighted by Gasteiger charge is -2.23. The van der Waals surface area contributed by atoms with E-state index in [2.05, 4.69) is 37.5 Å². The molecule has 0 aromatic heterocycles. The van der Waals surface area contributed by atoms with E-state index in [1.165, 1.54) is 65.0 Å². The van der Waals surface area contributed by atoms with Gasteiger partial charge in [0, 0.05) is 0 Å². The molecule has 0 bridgehead atoms. The van der Waals surface area contributed by atoms with E-state index in [4.69, 9.17) is 5.73 Å². The molecule has 0 aromatic rings. The lowest BCUT2D eigenvalue weighted by molar-refractivity contribution is 0.237. The monoisotopic (exact) mass is 271 g/mol. The maximum Gasteiger partial charge on any atom is -0.000666 e. The van der Waals surface area contributed by atoms with Crippen molar-refractivity contribution in [2.24, 2.45) is 11.7 Å². The van der Waals surface area contributed by atoms with Crippen molar-refractivity contribution in [1.29, 1.82) is 0 Å². The fourth-order valence-corrected chi connectivity index (χ4v) is 2.58. The molecule has 1 unspecified atom stereocenters. The van der Waals surface area contributed by atoms with Crippen LogP contribution in [0.3, 0.4) is 0 Å². The van der Waals surface area contributed by atoms with Crippen LogP contribution >= 0.6 is 0 Å². The number of hydrogen-bond donors (Lipinski definition) is 1. The second-order valence-electron chi connectivity index (χ2n) is 5.64. The van der Waals surface area contributed by atoms with Gasteiger partial charge in [0.1, 0.15) is 0 Å². The third-order valence-electron chi connectivity index (χ3n) is 4.12. The molecule has 0 aromatic carbocycles. The molecule has 0 rings (SSSR count). The first-order valence-electron chi connectivity index (χ1n) is 8.32. The van der Waals surface area contributed by atoms with E-state index in [1.807, 2.05) is 0 Å². The van der Waals surface area contributed by atoms with Gasteiger partial charge < -0.3 is 15.5 Å². The minimum absolute atomic E-state index is 0.791. The van der Waals surface area contributed by atoms with Crippen LogP contribution in [0.4, 0.5) is 0 Å². The molecular formula is C16H37N3. The summed E-state index contributed by atoms with van der Waals surface area (Å²) in [6.07, 6.45) is 5.12. The molecule has 0 spiro atoms. The topological polar surface area (TPSA) is 32.5 Å². The Hall–Kier alpha value is -0.120. The Labute approximate surface area is 121 Å². The molecule has 2 N–H and O–H groups in total. The van der Waals surface area contributed by atoms with Gasteiger partial charge in [0.2, 0.25) is 0 Å². The van der Waals surface area contributed by atoms with E-state index in [0.717, 1.165) is 12.5 Å². The second kappa shape index (κ2) is 12.9. The van der Waals surface area contributed by atoms with Crippen LogP contribution in [0.5, 0.6) is 0 Å². The van der Waals surface area contributed by atoms with E-state index in [9.17, 15) is 0 Å². The summed E-state index contributed by atoms with van der Waals surface area (Å²) in [4.78, 5) is 5.11. The smallest absolute Gasteiger partial charge is 0.000666 e. The maximum absolute atomic E-state index is 5.59. The average molecular weight is 271 g/mol. The first kappa shape index (κ1) is 18.9. The van der Waals surface area contributed by atoms with E-state index >= 15 is 0 Å². The van der Waals surface area contributed by atoms with Gasteiger partial charge in [-0.25, -0.2) is 0 Å². The maximum atomic E-state index is 5.59. The van der Waals surface area contributed by atoms with E-state index < -0.39 is 0 Å². The highest BCUT2D eigenvalue weighted by molar-refractivity contribution is 4.61. The molecule has 19 heavy (non-hydrogen) atoms. The number of rotatable bonds is 13. The predicted octanol–water partition coefficient (Wildman–Crippen LogP) is 2.81. The number of nitrogens with zero attached hydrogens (tertiary/aromatic N) is 2. The average Bonchev–Trinajstić information content (AvgIpc) is 2.42. The van der Waals surface area contributed by atoms with E-state index in [0.29, 0.717) is 0 Å². The van der Waals surface area contributed by atoms with Gasteiger partial charge in [-0.1, -0.05) is 27.7 Å². The Kier molecular flexibility index (Phi) is 12.8. The number of hydrogen-bond acceptors (Lipinski definition) is 3. The van der Waals surface area contributed by atoms with Crippen LogP contribution in [0, 0.1) is 5.92 Å². The zero-order valence-electron chi connectivity index (χ0n) is 13.8. The molecule has 0 aliphatic rings. The molecule has 116 valence electrons. The Bertz CT molecular complexity index is 181. The largest absolute Gasteiger partial charge is 0.330 e. The minimum atomic E-state index is 0.791. The first-order chi connectivity index (χ1) is 9.17. The van der Waals surface area contributed by atoms with Gasteiger partial charge in [-0.05, 0) is 77.4 Å². The second-order valence-corrected chi connectivity index (χ2v) is 5.64. The fraction of sp³-hybridized carbons (Fsp3) is 1.00. The zero-order valence-corrected chi connectivity index (χ0v) is 13.8. The van der Waals surface area contributed by atoms with Gasteiger partial charge in [0.25, 0.3) is 0 Å². The van der Waals surface area contributed by atoms with Crippen LogP contribution in [0.15, 0.2) is 0 Å². The summed E-state index contributed by atoms with van der Waals surface area (Å²) in [6.45, 7) is 17.2. The third kappa shape index (κ3) is 10.3. The van der Waals surface area contributed by atoms with Crippen LogP contribution in [0.2, 0.25) is 0 Å². The zero-order chi connectivity index (χ0) is 14.5. The summed E-state index contributed by atoms with van der Waals surface area (Å²) in [6, 6.07) is 0. The minimum Gasteiger partial charge on any atom is -0.330 e. The molecule has 0 aliphatic heterocycles. The molecule has 1 atom stereocenters. The lowest BCUT2D eigenvalue weighted by Crippen LogP contribution is -2.30. The number of nitrogens with two attached hydrogens (primary N) is 1. The summed E-state index contributed by atoms with van der Waals surface area (Å²) >= 11 is 0. The summed E-state index contributed by atoms with van der Waals surface area (Å²) in [5.74, 6) is 0.791. The van der Waals surface area contributed by atoms with Crippen molar-refractivity contribution in [3.05, 3.63) is 0 Å². The molecule has 3 heteroatoms. The summed E-state index contributed by atoms with van der Waals surface area (Å²) in [7, 11) is 0. The molecule has 0 saturated carbocycles. The van der Waals surface area contributed by atoms with Crippen molar-refractivity contribution < 1.29 is 0 Å². The molecule has 0 radical (unpaired) electrons. The van der Waals surface area contributed by atoms with Gasteiger partial charge in [-0.15, -0.1) is 0 Å². The van der Waals surface area contributed by atoms with Gasteiger partial charge >= 0.3 is 0 Å². The quantitative estimate of drug-likeness (QED) is 0.559. The Morgan fingerprint density at radius 1 is 0.789 bits per heavy atom. The Morgan fingerprint density at radius 3 is 1.84 bits per heavy atom. The van der Waals surface area contributed by atoms with Crippen LogP contribution < -0.4 is 5.73 Å². The lowest BCUT2D eigenvalue weighted by atomic mass is 10.0. The van der Waals surface area contributed by atoms with Crippen molar-refractivity contribution in [3.63, 3.8) is 0 Å². The van der Waals surface area contributed by atoms with Gasteiger partial charge in [0.15, 0.2) is 0 Å². The summed E-state index contributed by atoms with van der Waals surface area (Å²) < 4.78 is 0. The van der Waals surface area contributed by atoms with E-state index in [1.54, 1.807) is 0 Å². The van der Waals surface area contributed by atoms with Crippen molar-refractivity contribution in [2.45, 2.75) is 53.4 Å². The molecule has 0 heterocycles. The molecule has 3 nitrogen and oxygen atoms in total. The highest BCUT2D eigenvalue weighted by Crippen LogP contribution is 2.10. The van der Waals surface area contributed by atoms with E-state index in [-0.39, 0.29) is 0 Å². The van der Waals surface area contributed by atoms with Gasteiger partial charge in [-0.2, -0.15) is 0 Å². The summed E-state index contributed by atoms with van der Waals surface area (Å²) in [5.41, 5.74) is 5.59. The Balaban J connectivity index is 3.65. The standard InChI is InChI=1S/C16H37N3/c1-5-18(6-2)14-9-15-19(7-3)13-8-10-16(4)11-12-17/h16H,5-15,17H2,1-4H3. The van der Waals surface area contributed by atoms with Crippen LogP contribution in [0.25, 0.3) is 0 Å². The van der Waals surface area contributed by atoms with Gasteiger partial charge in [0.05, 0.1) is 0 Å². The third-order valence-corrected chi connectivity index (χ3v) is 4.12. The van der Waals surface area contributed by atoms with Crippen molar-refractivity contribution in [3.8, 4) is 0 Å². The normalized spacial score (nSPS) is 13.4. The first-order valence-corrected chi connectivity index (χ1v) is 8.32. The predicted molar refractivity (Wildman–Crippen MR) is 86.6 cm³/mol. The molecule has 0 saturated heterocycles. The fourth-order valence-electron chi connectivity index (χ4n) is 2.58. The van der Waals surface area contributed by atoms with Crippen LogP contribution in [-0.4, -0.2) is 55.6 Å². The van der Waals surface area contributed by atoms with Crippen molar-refractivity contribution in [2.75, 3.05) is 45.8 Å². The highest BCUT2D eigenvalue weighted by Gasteiger charge is 2.06. The molecule has 0 aliphatic carbocycles. The van der Waals surface area contributed by atoms with Crippen LogP contribution in [-0.2, 0) is 0 Å². The molecule has 0 amide bonds.